The fourth-order valence-corrected chi connectivity index (χ4v) is 3.72. The molecule has 0 aromatic heterocycles. The molecule has 1 aliphatic heterocycles. The van der Waals surface area contributed by atoms with Gasteiger partial charge in [-0.15, -0.1) is 0 Å². The third-order valence-corrected chi connectivity index (χ3v) is 4.86. The maximum absolute atomic E-state index is 5.45. The number of piperidine rings is 1. The molecule has 0 spiro atoms. The third-order valence-electron chi connectivity index (χ3n) is 4.86. The minimum atomic E-state index is 0.502. The summed E-state index contributed by atoms with van der Waals surface area (Å²) < 4.78 is 5.45. The maximum atomic E-state index is 5.45. The summed E-state index contributed by atoms with van der Waals surface area (Å²) in [5.41, 5.74) is 4.47. The molecular weight excluding hydrogens is 258 g/mol. The van der Waals surface area contributed by atoms with Crippen LogP contribution in [-0.4, -0.2) is 25.1 Å². The van der Waals surface area contributed by atoms with Gasteiger partial charge in [0.25, 0.3) is 0 Å². The van der Waals surface area contributed by atoms with Crippen LogP contribution in [0.1, 0.15) is 62.6 Å². The van der Waals surface area contributed by atoms with Gasteiger partial charge in [0, 0.05) is 0 Å². The van der Waals surface area contributed by atoms with Crippen molar-refractivity contribution >= 4 is 6.08 Å². The van der Waals surface area contributed by atoms with Crippen molar-refractivity contribution in [2.75, 3.05) is 20.2 Å². The predicted molar refractivity (Wildman–Crippen MR) is 88.7 cm³/mol. The fourth-order valence-electron chi connectivity index (χ4n) is 3.72. The Balaban J connectivity index is 1.90. The molecule has 0 radical (unpaired) electrons. The fraction of sp³-hybridized carbons (Fsp3) is 0.579. The van der Waals surface area contributed by atoms with Gasteiger partial charge in [-0.3, -0.25) is 4.90 Å². The molecule has 1 saturated heterocycles. The number of hydrogen-bond donors (Lipinski definition) is 0. The Hall–Kier alpha value is -1.28. The molecule has 1 fully saturated rings. The Labute approximate surface area is 128 Å². The molecule has 3 rings (SSSR count). The van der Waals surface area contributed by atoms with Crippen LogP contribution < -0.4 is 4.74 Å². The van der Waals surface area contributed by atoms with E-state index in [0.29, 0.717) is 6.04 Å². The zero-order valence-electron chi connectivity index (χ0n) is 13.4. The van der Waals surface area contributed by atoms with Crippen LogP contribution >= 0.6 is 0 Å². The van der Waals surface area contributed by atoms with Gasteiger partial charge < -0.3 is 4.74 Å². The average Bonchev–Trinajstić information content (AvgIpc) is 2.90. The van der Waals surface area contributed by atoms with Crippen LogP contribution in [0.4, 0.5) is 0 Å². The predicted octanol–water partition coefficient (Wildman–Crippen LogP) is 4.81. The minimum absolute atomic E-state index is 0.502. The van der Waals surface area contributed by atoms with Gasteiger partial charge in [-0.2, -0.15) is 0 Å². The van der Waals surface area contributed by atoms with Gasteiger partial charge >= 0.3 is 0 Å². The molecule has 21 heavy (non-hydrogen) atoms. The molecule has 114 valence electrons. The molecule has 2 heteroatoms. The Morgan fingerprint density at radius 3 is 2.71 bits per heavy atom. The molecule has 1 unspecified atom stereocenters. The van der Waals surface area contributed by atoms with Crippen molar-refractivity contribution in [3.63, 3.8) is 0 Å². The second-order valence-corrected chi connectivity index (χ2v) is 6.32. The van der Waals surface area contributed by atoms with Crippen LogP contribution in [0.3, 0.4) is 0 Å². The monoisotopic (exact) mass is 285 g/mol. The number of likely N-dealkylation sites (tertiary alicyclic amines) is 1. The molecule has 2 nitrogen and oxygen atoms in total. The second kappa shape index (κ2) is 6.65. The molecule has 0 bridgehead atoms. The highest BCUT2D eigenvalue weighted by Crippen LogP contribution is 2.43. The van der Waals surface area contributed by atoms with E-state index < -0.39 is 0 Å². The van der Waals surface area contributed by atoms with E-state index in [9.17, 15) is 0 Å². The number of rotatable bonds is 5. The van der Waals surface area contributed by atoms with E-state index >= 15 is 0 Å². The lowest BCUT2D eigenvalue weighted by molar-refractivity contribution is 0.184. The van der Waals surface area contributed by atoms with Crippen molar-refractivity contribution in [2.24, 2.45) is 0 Å². The molecule has 0 N–H and O–H groups in total. The van der Waals surface area contributed by atoms with Gasteiger partial charge in [0.05, 0.1) is 13.2 Å². The summed E-state index contributed by atoms with van der Waals surface area (Å²) in [4.78, 5) is 2.69. The van der Waals surface area contributed by atoms with E-state index in [0.717, 1.165) is 5.75 Å². The van der Waals surface area contributed by atoms with Crippen molar-refractivity contribution < 1.29 is 4.74 Å². The van der Waals surface area contributed by atoms with Crippen molar-refractivity contribution in [1.82, 2.24) is 4.90 Å². The van der Waals surface area contributed by atoms with Crippen LogP contribution in [0.25, 0.3) is 6.08 Å². The summed E-state index contributed by atoms with van der Waals surface area (Å²) in [6.07, 6.45) is 10.3. The molecule has 0 amide bonds. The smallest absolute Gasteiger partial charge is 0.119 e. The largest absolute Gasteiger partial charge is 0.497 e. The summed E-state index contributed by atoms with van der Waals surface area (Å²) in [7, 11) is 1.76. The Kier molecular flexibility index (Phi) is 4.64. The van der Waals surface area contributed by atoms with Crippen LogP contribution in [0.5, 0.6) is 5.75 Å². The molecule has 1 heterocycles. The highest BCUT2D eigenvalue weighted by atomic mass is 16.5. The molecule has 1 atom stereocenters. The van der Waals surface area contributed by atoms with Crippen molar-refractivity contribution in [1.29, 1.82) is 0 Å². The molecule has 0 saturated carbocycles. The van der Waals surface area contributed by atoms with E-state index in [4.69, 9.17) is 4.74 Å². The average molecular weight is 285 g/mol. The zero-order valence-corrected chi connectivity index (χ0v) is 13.4. The molecular formula is C19H27NO. The van der Waals surface area contributed by atoms with Crippen molar-refractivity contribution in [2.45, 2.75) is 51.5 Å². The lowest BCUT2D eigenvalue weighted by Crippen LogP contribution is -2.34. The normalized spacial score (nSPS) is 22.0. The van der Waals surface area contributed by atoms with Gasteiger partial charge in [-0.1, -0.05) is 31.9 Å². The van der Waals surface area contributed by atoms with E-state index in [1.807, 2.05) is 0 Å². The summed E-state index contributed by atoms with van der Waals surface area (Å²) in [5, 5.41) is 0. The van der Waals surface area contributed by atoms with Gasteiger partial charge in [-0.05, 0) is 67.6 Å². The lowest BCUT2D eigenvalue weighted by atomic mass is 9.96. The Morgan fingerprint density at radius 2 is 2.00 bits per heavy atom. The third kappa shape index (κ3) is 3.01. The number of nitrogens with zero attached hydrogens (tertiary/aromatic N) is 1. The van der Waals surface area contributed by atoms with Crippen molar-refractivity contribution in [3.8, 4) is 5.75 Å². The lowest BCUT2D eigenvalue weighted by Gasteiger charge is -2.35. The number of unbranched alkanes of at least 4 members (excludes halogenated alkanes) is 1. The van der Waals surface area contributed by atoms with Gasteiger partial charge in [0.15, 0.2) is 0 Å². The second-order valence-electron chi connectivity index (χ2n) is 6.32. The maximum Gasteiger partial charge on any atom is 0.119 e. The highest BCUT2D eigenvalue weighted by Gasteiger charge is 2.31. The molecule has 2 aliphatic rings. The van der Waals surface area contributed by atoms with Crippen LogP contribution in [0.15, 0.2) is 23.8 Å². The first-order valence-electron chi connectivity index (χ1n) is 8.46. The number of hydrogen-bond acceptors (Lipinski definition) is 2. The minimum Gasteiger partial charge on any atom is -0.497 e. The van der Waals surface area contributed by atoms with Gasteiger partial charge in [0.1, 0.15) is 5.75 Å². The van der Waals surface area contributed by atoms with E-state index in [2.05, 4.69) is 36.1 Å². The Morgan fingerprint density at radius 1 is 1.19 bits per heavy atom. The van der Waals surface area contributed by atoms with E-state index in [1.165, 1.54) is 62.7 Å². The number of methoxy groups -OCH3 is 1. The first-order valence-corrected chi connectivity index (χ1v) is 8.46. The molecule has 1 aromatic carbocycles. The topological polar surface area (TPSA) is 12.5 Å². The van der Waals surface area contributed by atoms with Crippen LogP contribution in [-0.2, 0) is 0 Å². The first kappa shape index (κ1) is 14.6. The van der Waals surface area contributed by atoms with E-state index in [1.54, 1.807) is 12.7 Å². The zero-order chi connectivity index (χ0) is 14.7. The van der Waals surface area contributed by atoms with E-state index in [-0.39, 0.29) is 0 Å². The quantitative estimate of drug-likeness (QED) is 0.770. The van der Waals surface area contributed by atoms with Crippen LogP contribution in [0, 0.1) is 0 Å². The highest BCUT2D eigenvalue weighted by molar-refractivity contribution is 5.67. The standard InChI is InChI=1S/C19H27NO/c1-3-4-8-16-13-15-9-10-17(21-2)14-18(15)19(16)20-11-6-5-7-12-20/h9-10,13-14,19H,3-8,11-12H2,1-2H3. The molecule has 1 aromatic rings. The first-order chi connectivity index (χ1) is 10.3. The summed E-state index contributed by atoms with van der Waals surface area (Å²) in [6, 6.07) is 7.07. The van der Waals surface area contributed by atoms with Crippen molar-refractivity contribution in [3.05, 3.63) is 34.9 Å². The molecule has 1 aliphatic carbocycles. The summed E-state index contributed by atoms with van der Waals surface area (Å²) >= 11 is 0. The summed E-state index contributed by atoms with van der Waals surface area (Å²) in [5.74, 6) is 0.987. The van der Waals surface area contributed by atoms with Gasteiger partial charge in [0.2, 0.25) is 0 Å². The summed E-state index contributed by atoms with van der Waals surface area (Å²) in [6.45, 7) is 4.76. The van der Waals surface area contributed by atoms with Gasteiger partial charge in [-0.25, -0.2) is 0 Å². The number of ether oxygens (including phenoxy) is 1. The Bertz CT molecular complexity index is 514. The number of fused-ring (bicyclic) bond motifs is 1. The number of benzene rings is 1. The van der Waals surface area contributed by atoms with Crippen LogP contribution in [0.2, 0.25) is 0 Å². The SMILES string of the molecule is CCCCC1=Cc2ccc(OC)cc2C1N1CCCCC1.